The van der Waals surface area contributed by atoms with Crippen molar-refractivity contribution in [1.29, 1.82) is 0 Å². The molecule has 2 atom stereocenters. The van der Waals surface area contributed by atoms with Crippen molar-refractivity contribution in [3.05, 3.63) is 58.7 Å². The van der Waals surface area contributed by atoms with Crippen molar-refractivity contribution in [2.75, 3.05) is 0 Å². The van der Waals surface area contributed by atoms with E-state index in [1.54, 1.807) is 39.8 Å². The van der Waals surface area contributed by atoms with E-state index in [4.69, 9.17) is 0 Å². The lowest BCUT2D eigenvalue weighted by Crippen LogP contribution is -2.23. The summed E-state index contributed by atoms with van der Waals surface area (Å²) in [4.78, 5) is 22.4. The van der Waals surface area contributed by atoms with Crippen LogP contribution in [-0.4, -0.2) is 44.6 Å². The highest BCUT2D eigenvalue weighted by atomic mass is 16.4. The Balaban J connectivity index is 1.80. The Labute approximate surface area is 190 Å². The van der Waals surface area contributed by atoms with Crippen molar-refractivity contribution in [2.45, 2.75) is 78.4 Å². The van der Waals surface area contributed by atoms with Gasteiger partial charge in [-0.3, -0.25) is 9.59 Å². The molecule has 2 unspecified atom stereocenters. The van der Waals surface area contributed by atoms with Crippen molar-refractivity contribution in [3.63, 3.8) is 0 Å². The van der Waals surface area contributed by atoms with Gasteiger partial charge < -0.3 is 20.4 Å². The first-order valence-electron chi connectivity index (χ1n) is 11.2. The summed E-state index contributed by atoms with van der Waals surface area (Å²) in [6, 6.07) is 0. The molecule has 4 N–H and O–H groups in total. The summed E-state index contributed by atoms with van der Waals surface area (Å²) >= 11 is 0. The highest BCUT2D eigenvalue weighted by Crippen LogP contribution is 2.32. The minimum Gasteiger partial charge on any atom is -0.481 e. The standard InChI is InChI=1S/C26H36O6/c1-25(2,23(29)30)15-5-7-17-9-11-19(21(17)27)13-14-20-12-10-18(22(20)28)8-6-16-26(3,4)24(31)32/h9-14,21-22,27-28H,5-8,15-16H2,1-4H3,(H,29,30)(H,31,32)/b14-13+. The van der Waals surface area contributed by atoms with Gasteiger partial charge in [-0.05, 0) is 88.5 Å². The van der Waals surface area contributed by atoms with Crippen LogP contribution in [0.4, 0.5) is 0 Å². The fraction of sp³-hybridized carbons (Fsp3) is 0.538. The quantitative estimate of drug-likeness (QED) is 0.351. The molecule has 0 saturated heterocycles. The van der Waals surface area contributed by atoms with Crippen LogP contribution >= 0.6 is 0 Å². The Morgan fingerprint density at radius 1 is 0.750 bits per heavy atom. The average Bonchev–Trinajstić information content (AvgIpc) is 3.22. The van der Waals surface area contributed by atoms with E-state index in [9.17, 15) is 30.0 Å². The second kappa shape index (κ2) is 10.5. The van der Waals surface area contributed by atoms with E-state index in [2.05, 4.69) is 0 Å². The Hall–Kier alpha value is -2.44. The average molecular weight is 445 g/mol. The van der Waals surface area contributed by atoms with Crippen LogP contribution in [0.3, 0.4) is 0 Å². The lowest BCUT2D eigenvalue weighted by Gasteiger charge is -2.20. The molecule has 0 amide bonds. The van der Waals surface area contributed by atoms with Gasteiger partial charge in [-0.25, -0.2) is 0 Å². The number of carboxylic acid groups (broad SMARTS) is 2. The van der Waals surface area contributed by atoms with Gasteiger partial charge >= 0.3 is 11.9 Å². The molecule has 0 aliphatic heterocycles. The summed E-state index contributed by atoms with van der Waals surface area (Å²) in [5, 5.41) is 39.6. The van der Waals surface area contributed by atoms with E-state index >= 15 is 0 Å². The molecule has 0 aromatic carbocycles. The number of hydrogen-bond acceptors (Lipinski definition) is 4. The van der Waals surface area contributed by atoms with Gasteiger partial charge in [-0.1, -0.05) is 36.5 Å². The molecule has 2 aliphatic carbocycles. The van der Waals surface area contributed by atoms with E-state index in [-0.39, 0.29) is 0 Å². The number of aliphatic hydroxyl groups is 2. The van der Waals surface area contributed by atoms with Crippen LogP contribution in [0.5, 0.6) is 0 Å². The molecule has 176 valence electrons. The zero-order valence-electron chi connectivity index (χ0n) is 19.5. The van der Waals surface area contributed by atoms with E-state index in [1.807, 2.05) is 24.3 Å². The molecule has 0 radical (unpaired) electrons. The van der Waals surface area contributed by atoms with E-state index in [0.717, 1.165) is 22.3 Å². The number of carboxylic acids is 2. The van der Waals surface area contributed by atoms with Gasteiger partial charge in [-0.2, -0.15) is 0 Å². The molecule has 0 heterocycles. The normalized spacial score (nSPS) is 21.4. The van der Waals surface area contributed by atoms with Gasteiger partial charge in [0.2, 0.25) is 0 Å². The van der Waals surface area contributed by atoms with E-state index in [1.165, 1.54) is 0 Å². The molecule has 0 spiro atoms. The van der Waals surface area contributed by atoms with Crippen molar-refractivity contribution < 1.29 is 30.0 Å². The SMILES string of the molecule is CC(C)(CCCC1=CC=C(/C=C/C2=CC=C(CCCC(C)(C)C(=O)O)C2O)C1O)C(=O)O. The van der Waals surface area contributed by atoms with Crippen molar-refractivity contribution in [3.8, 4) is 0 Å². The predicted octanol–water partition coefficient (Wildman–Crippen LogP) is 4.56. The molecule has 6 heteroatoms. The molecular weight excluding hydrogens is 408 g/mol. The first-order chi connectivity index (χ1) is 14.8. The third-order valence-electron chi connectivity index (χ3n) is 6.47. The summed E-state index contributed by atoms with van der Waals surface area (Å²) in [5.74, 6) is -1.63. The van der Waals surface area contributed by atoms with Gasteiger partial charge in [0.1, 0.15) is 12.2 Å². The summed E-state index contributed by atoms with van der Waals surface area (Å²) in [6.07, 6.45) is 13.3. The number of rotatable bonds is 12. The zero-order valence-corrected chi connectivity index (χ0v) is 19.5. The largest absolute Gasteiger partial charge is 0.481 e. The third kappa shape index (κ3) is 6.53. The minimum atomic E-state index is -0.817. The van der Waals surface area contributed by atoms with E-state index < -0.39 is 35.0 Å². The van der Waals surface area contributed by atoms with Gasteiger partial charge in [0.25, 0.3) is 0 Å². The van der Waals surface area contributed by atoms with Crippen molar-refractivity contribution >= 4 is 11.9 Å². The third-order valence-corrected chi connectivity index (χ3v) is 6.47. The Bertz CT molecular complexity index is 810. The van der Waals surface area contributed by atoms with Crippen LogP contribution in [0.1, 0.15) is 66.2 Å². The molecule has 2 rings (SSSR count). The van der Waals surface area contributed by atoms with Crippen LogP contribution in [-0.2, 0) is 9.59 Å². The van der Waals surface area contributed by atoms with Gasteiger partial charge in [0.15, 0.2) is 0 Å². The maximum Gasteiger partial charge on any atom is 0.309 e. The summed E-state index contributed by atoms with van der Waals surface area (Å²) < 4.78 is 0. The molecule has 0 fully saturated rings. The molecule has 0 aromatic heterocycles. The molecule has 0 aromatic rings. The minimum absolute atomic E-state index is 0.536. The fourth-order valence-corrected chi connectivity index (χ4v) is 3.81. The molecular formula is C26H36O6. The van der Waals surface area contributed by atoms with Crippen LogP contribution in [0.2, 0.25) is 0 Å². The lowest BCUT2D eigenvalue weighted by atomic mass is 9.86. The van der Waals surface area contributed by atoms with Crippen molar-refractivity contribution in [2.24, 2.45) is 10.8 Å². The highest BCUT2D eigenvalue weighted by Gasteiger charge is 2.28. The highest BCUT2D eigenvalue weighted by molar-refractivity contribution is 5.73. The molecule has 32 heavy (non-hydrogen) atoms. The number of aliphatic hydroxyl groups excluding tert-OH is 2. The van der Waals surface area contributed by atoms with E-state index in [0.29, 0.717) is 38.5 Å². The molecule has 0 saturated carbocycles. The Kier molecular flexibility index (Phi) is 8.43. The Morgan fingerprint density at radius 3 is 1.41 bits per heavy atom. The summed E-state index contributed by atoms with van der Waals surface area (Å²) in [5.41, 5.74) is 1.65. The maximum atomic E-state index is 11.2. The summed E-state index contributed by atoms with van der Waals surface area (Å²) in [6.45, 7) is 6.82. The monoisotopic (exact) mass is 444 g/mol. The number of aliphatic carboxylic acids is 2. The molecule has 2 aliphatic rings. The van der Waals surface area contributed by atoms with Gasteiger partial charge in [0.05, 0.1) is 10.8 Å². The van der Waals surface area contributed by atoms with Gasteiger partial charge in [0, 0.05) is 0 Å². The first kappa shape index (κ1) is 25.8. The van der Waals surface area contributed by atoms with Crippen LogP contribution < -0.4 is 0 Å². The predicted molar refractivity (Wildman–Crippen MR) is 124 cm³/mol. The summed E-state index contributed by atoms with van der Waals surface area (Å²) in [7, 11) is 0. The smallest absolute Gasteiger partial charge is 0.309 e. The van der Waals surface area contributed by atoms with Crippen LogP contribution in [0, 0.1) is 10.8 Å². The van der Waals surface area contributed by atoms with Gasteiger partial charge in [-0.15, -0.1) is 0 Å². The number of allylic oxidation sites excluding steroid dienone is 4. The second-order valence-electron chi connectivity index (χ2n) is 10.0. The maximum absolute atomic E-state index is 11.2. The second-order valence-corrected chi connectivity index (χ2v) is 10.0. The first-order valence-corrected chi connectivity index (χ1v) is 11.2. The molecule has 6 nitrogen and oxygen atoms in total. The van der Waals surface area contributed by atoms with Crippen molar-refractivity contribution in [1.82, 2.24) is 0 Å². The van der Waals surface area contributed by atoms with Crippen LogP contribution in [0.25, 0.3) is 0 Å². The van der Waals surface area contributed by atoms with Crippen LogP contribution in [0.15, 0.2) is 58.7 Å². The fourth-order valence-electron chi connectivity index (χ4n) is 3.81. The lowest BCUT2D eigenvalue weighted by molar-refractivity contribution is -0.148. The molecule has 0 bridgehead atoms. The topological polar surface area (TPSA) is 115 Å². The number of hydrogen-bond donors (Lipinski definition) is 4. The number of carbonyl (C=O) groups is 2. The zero-order chi connectivity index (χ0) is 24.1. The Morgan fingerprint density at radius 2 is 1.09 bits per heavy atom.